The van der Waals surface area contributed by atoms with Crippen LogP contribution >= 0.6 is 24.0 Å². The molecule has 1 aromatic heterocycles. The highest BCUT2D eigenvalue weighted by atomic mass is 127. The van der Waals surface area contributed by atoms with Crippen LogP contribution in [0.1, 0.15) is 33.4 Å². The number of halogens is 1. The van der Waals surface area contributed by atoms with Crippen LogP contribution in [-0.2, 0) is 18.3 Å². The van der Waals surface area contributed by atoms with Crippen LogP contribution in [-0.4, -0.2) is 65.8 Å². The van der Waals surface area contributed by atoms with Gasteiger partial charge in [0.1, 0.15) is 5.60 Å². The second-order valence-electron chi connectivity index (χ2n) is 7.10. The van der Waals surface area contributed by atoms with Crippen LogP contribution in [0.15, 0.2) is 23.3 Å². The molecule has 0 radical (unpaired) electrons. The third-order valence-corrected chi connectivity index (χ3v) is 3.55. The standard InChI is InChI=1S/C18H33N5O2.HI/c1-8-19-16(23(7)14-15-10-9-12-21(15)5)20-11-13-22(6)17(24)25-18(2,3)4;/h9-10,12H,8,11,13-14H2,1-7H3,(H,19,20);1H. The van der Waals surface area contributed by atoms with Gasteiger partial charge in [-0.15, -0.1) is 24.0 Å². The topological polar surface area (TPSA) is 62.1 Å². The highest BCUT2D eigenvalue weighted by molar-refractivity contribution is 14.0. The maximum Gasteiger partial charge on any atom is 0.410 e. The van der Waals surface area contributed by atoms with Gasteiger partial charge >= 0.3 is 6.09 Å². The summed E-state index contributed by atoms with van der Waals surface area (Å²) in [7, 11) is 5.76. The van der Waals surface area contributed by atoms with Crippen molar-refractivity contribution in [3.05, 3.63) is 24.0 Å². The number of nitrogens with zero attached hydrogens (tertiary/aromatic N) is 4. The van der Waals surface area contributed by atoms with E-state index in [-0.39, 0.29) is 30.1 Å². The van der Waals surface area contributed by atoms with Crippen molar-refractivity contribution in [2.45, 2.75) is 39.8 Å². The quantitative estimate of drug-likeness (QED) is 0.387. The van der Waals surface area contributed by atoms with E-state index in [1.807, 2.05) is 54.1 Å². The molecular weight excluding hydrogens is 445 g/mol. The molecule has 150 valence electrons. The SMILES string of the molecule is CCNC(=NCCN(C)C(=O)OC(C)(C)C)N(C)Cc1cccn1C.I. The number of likely N-dealkylation sites (N-methyl/N-ethyl adjacent to an activating group) is 1. The van der Waals surface area contributed by atoms with E-state index in [9.17, 15) is 4.79 Å². The average Bonchev–Trinajstić information content (AvgIpc) is 2.89. The lowest BCUT2D eigenvalue weighted by atomic mass is 10.2. The molecule has 0 atom stereocenters. The van der Waals surface area contributed by atoms with Crippen molar-refractivity contribution >= 4 is 36.0 Å². The third kappa shape index (κ3) is 8.77. The molecule has 1 amide bonds. The minimum atomic E-state index is -0.487. The van der Waals surface area contributed by atoms with E-state index in [0.717, 1.165) is 19.0 Å². The van der Waals surface area contributed by atoms with Crippen LogP contribution in [0.5, 0.6) is 0 Å². The van der Waals surface area contributed by atoms with Crippen molar-refractivity contribution in [1.29, 1.82) is 0 Å². The largest absolute Gasteiger partial charge is 0.444 e. The van der Waals surface area contributed by atoms with Gasteiger partial charge in [-0.2, -0.15) is 0 Å². The predicted molar refractivity (Wildman–Crippen MR) is 117 cm³/mol. The van der Waals surface area contributed by atoms with Crippen LogP contribution in [0.2, 0.25) is 0 Å². The first-order valence-corrected chi connectivity index (χ1v) is 8.67. The highest BCUT2D eigenvalue weighted by Crippen LogP contribution is 2.09. The third-order valence-electron chi connectivity index (χ3n) is 3.55. The Bertz CT molecular complexity index is 580. The Morgan fingerprint density at radius 2 is 1.96 bits per heavy atom. The number of aromatic nitrogens is 1. The maximum atomic E-state index is 12.0. The molecule has 7 nitrogen and oxygen atoms in total. The first-order valence-electron chi connectivity index (χ1n) is 8.67. The van der Waals surface area contributed by atoms with Crippen molar-refractivity contribution in [2.75, 3.05) is 33.7 Å². The molecule has 0 saturated heterocycles. The summed E-state index contributed by atoms with van der Waals surface area (Å²) in [4.78, 5) is 20.2. The molecule has 8 heteroatoms. The molecule has 0 bridgehead atoms. The fraction of sp³-hybridized carbons (Fsp3) is 0.667. The van der Waals surface area contributed by atoms with Gasteiger partial charge in [-0.3, -0.25) is 4.99 Å². The summed E-state index contributed by atoms with van der Waals surface area (Å²) in [5, 5.41) is 3.29. The summed E-state index contributed by atoms with van der Waals surface area (Å²) < 4.78 is 7.44. The van der Waals surface area contributed by atoms with E-state index < -0.39 is 5.60 Å². The number of amides is 1. The molecular formula is C18H34IN5O2. The van der Waals surface area contributed by atoms with E-state index in [4.69, 9.17) is 4.74 Å². The van der Waals surface area contributed by atoms with Gasteiger partial charge in [0.15, 0.2) is 5.96 Å². The maximum absolute atomic E-state index is 12.0. The van der Waals surface area contributed by atoms with Gasteiger partial charge in [-0.1, -0.05) is 0 Å². The summed E-state index contributed by atoms with van der Waals surface area (Å²) in [6.45, 7) is 10.2. The van der Waals surface area contributed by atoms with Gasteiger partial charge in [0.25, 0.3) is 0 Å². The second-order valence-corrected chi connectivity index (χ2v) is 7.10. The fourth-order valence-electron chi connectivity index (χ4n) is 2.19. The number of carbonyl (C=O) groups is 1. The van der Waals surface area contributed by atoms with Gasteiger partial charge in [-0.25, -0.2) is 4.79 Å². The molecule has 0 fully saturated rings. The van der Waals surface area contributed by atoms with Crippen LogP contribution in [0.25, 0.3) is 0 Å². The Morgan fingerprint density at radius 3 is 2.46 bits per heavy atom. The highest BCUT2D eigenvalue weighted by Gasteiger charge is 2.19. The zero-order valence-electron chi connectivity index (χ0n) is 17.1. The lowest BCUT2D eigenvalue weighted by Crippen LogP contribution is -2.40. The minimum absolute atomic E-state index is 0. The van der Waals surface area contributed by atoms with Gasteiger partial charge in [0.05, 0.1) is 13.1 Å². The van der Waals surface area contributed by atoms with Gasteiger partial charge in [0.2, 0.25) is 0 Å². The Balaban J connectivity index is 0.00000625. The number of guanidine groups is 1. The number of hydrogen-bond donors (Lipinski definition) is 1. The summed E-state index contributed by atoms with van der Waals surface area (Å²) in [5.41, 5.74) is 0.720. The Labute approximate surface area is 174 Å². The minimum Gasteiger partial charge on any atom is -0.444 e. The smallest absolute Gasteiger partial charge is 0.410 e. The number of hydrogen-bond acceptors (Lipinski definition) is 3. The van der Waals surface area contributed by atoms with Crippen molar-refractivity contribution < 1.29 is 9.53 Å². The van der Waals surface area contributed by atoms with E-state index in [1.165, 1.54) is 5.69 Å². The van der Waals surface area contributed by atoms with Crippen LogP contribution < -0.4 is 5.32 Å². The van der Waals surface area contributed by atoms with Crippen LogP contribution in [0, 0.1) is 0 Å². The lowest BCUT2D eigenvalue weighted by molar-refractivity contribution is 0.0304. The molecule has 26 heavy (non-hydrogen) atoms. The molecule has 0 aliphatic rings. The summed E-state index contributed by atoms with van der Waals surface area (Å²) in [5.74, 6) is 0.821. The number of carbonyl (C=O) groups excluding carboxylic acids is 1. The normalized spacial score (nSPS) is 11.6. The monoisotopic (exact) mass is 479 g/mol. The number of aryl methyl sites for hydroxylation is 1. The molecule has 0 aliphatic carbocycles. The molecule has 0 saturated carbocycles. The van der Waals surface area contributed by atoms with E-state index in [0.29, 0.717) is 13.1 Å². The molecule has 1 aromatic rings. The van der Waals surface area contributed by atoms with Gasteiger partial charge in [0, 0.05) is 46.1 Å². The molecule has 1 heterocycles. The fourth-order valence-corrected chi connectivity index (χ4v) is 2.19. The number of ether oxygens (including phenoxy) is 1. The first kappa shape index (κ1) is 24.6. The van der Waals surface area contributed by atoms with Crippen molar-refractivity contribution in [3.8, 4) is 0 Å². The summed E-state index contributed by atoms with van der Waals surface area (Å²) in [6, 6.07) is 4.12. The zero-order valence-corrected chi connectivity index (χ0v) is 19.4. The van der Waals surface area contributed by atoms with Crippen LogP contribution in [0.3, 0.4) is 0 Å². The number of rotatable bonds is 6. The molecule has 0 unspecified atom stereocenters. The average molecular weight is 479 g/mol. The molecule has 0 aromatic carbocycles. The molecule has 1 rings (SSSR count). The predicted octanol–water partition coefficient (Wildman–Crippen LogP) is 2.91. The first-order chi connectivity index (χ1) is 11.6. The number of aliphatic imine (C=N–C) groups is 1. The van der Waals surface area contributed by atoms with Crippen LogP contribution in [0.4, 0.5) is 4.79 Å². The van der Waals surface area contributed by atoms with E-state index in [1.54, 1.807) is 11.9 Å². The van der Waals surface area contributed by atoms with Crippen molar-refractivity contribution in [1.82, 2.24) is 19.7 Å². The molecule has 1 N–H and O–H groups in total. The second kappa shape index (κ2) is 11.3. The molecule has 0 aliphatic heterocycles. The summed E-state index contributed by atoms with van der Waals surface area (Å²) in [6.07, 6.45) is 1.70. The molecule has 0 spiro atoms. The van der Waals surface area contributed by atoms with E-state index >= 15 is 0 Å². The summed E-state index contributed by atoms with van der Waals surface area (Å²) >= 11 is 0. The Hall–Kier alpha value is -1.45. The van der Waals surface area contributed by atoms with E-state index in [2.05, 4.69) is 25.8 Å². The number of nitrogens with one attached hydrogen (secondary N) is 1. The zero-order chi connectivity index (χ0) is 19.0. The van der Waals surface area contributed by atoms with Crippen molar-refractivity contribution in [2.24, 2.45) is 12.0 Å². The Morgan fingerprint density at radius 1 is 1.31 bits per heavy atom. The lowest BCUT2D eigenvalue weighted by Gasteiger charge is -2.25. The Kier molecular flexibility index (Phi) is 10.7. The van der Waals surface area contributed by atoms with Gasteiger partial charge < -0.3 is 24.4 Å². The van der Waals surface area contributed by atoms with Gasteiger partial charge in [-0.05, 0) is 39.8 Å². The van der Waals surface area contributed by atoms with Crippen molar-refractivity contribution in [3.63, 3.8) is 0 Å².